The van der Waals surface area contributed by atoms with Gasteiger partial charge in [-0.25, -0.2) is 0 Å². The molecule has 2 aromatic carbocycles. The summed E-state index contributed by atoms with van der Waals surface area (Å²) >= 11 is 0. The normalized spacial score (nSPS) is 14.1. The zero-order valence-electron chi connectivity index (χ0n) is 32.0. The van der Waals surface area contributed by atoms with E-state index in [4.69, 9.17) is 33.8 Å². The van der Waals surface area contributed by atoms with Gasteiger partial charge in [0.15, 0.2) is 11.9 Å². The standard InChI is InChI=1S/C36H57N13O7/c1-20(50)29(43-2)33(55)46-24(13-7-17-44-35(39)40)31(53)47-25(15-16-28(37)51)34(56)49(3)27(14-8-18-45-36(41)42)32(54)48-26(30(38)52)19-22-11-6-10-21-9-4-5-12-23(21)22/h4-6,9-12,20,24-27,29,43,50H,7-8,13-19H2,1-3H3,(H2,37,51)(H2,38,52)(H,46,55)(H,47,53)(H,48,54)(H4,39,40,44)(H4,41,42,45)/t20-,24+,25+,26+,27+,29+/m1/s1. The average molecular weight is 784 g/mol. The van der Waals surface area contributed by atoms with Crippen LogP contribution in [0.5, 0.6) is 0 Å². The highest BCUT2D eigenvalue weighted by Gasteiger charge is 2.35. The molecule has 0 spiro atoms. The Morgan fingerprint density at radius 2 is 1.32 bits per heavy atom. The van der Waals surface area contributed by atoms with E-state index in [0.29, 0.717) is 0 Å². The number of fused-ring (bicyclic) bond motifs is 1. The molecule has 0 fully saturated rings. The number of guanidine groups is 2. The van der Waals surface area contributed by atoms with Crippen LogP contribution >= 0.6 is 0 Å². The first-order valence-electron chi connectivity index (χ1n) is 18.2. The van der Waals surface area contributed by atoms with Crippen LogP contribution in [0.15, 0.2) is 42.5 Å². The van der Waals surface area contributed by atoms with E-state index < -0.39 is 71.8 Å². The summed E-state index contributed by atoms with van der Waals surface area (Å²) in [4.78, 5) is 80.7. The summed E-state index contributed by atoms with van der Waals surface area (Å²) in [5, 5.41) is 42.5. The number of nitrogens with zero attached hydrogens (tertiary/aromatic N) is 1. The first-order valence-corrected chi connectivity index (χ1v) is 18.2. The number of hydrogen-bond donors (Lipinski definition) is 13. The molecule has 2 rings (SSSR count). The number of primary amides is 2. The number of nitrogens with two attached hydrogens (primary N) is 4. The van der Waals surface area contributed by atoms with Crippen molar-refractivity contribution in [3.8, 4) is 0 Å². The molecule has 0 aliphatic rings. The zero-order valence-corrected chi connectivity index (χ0v) is 32.0. The molecule has 20 heteroatoms. The Hall–Kier alpha value is -6.02. The molecule has 0 aromatic heterocycles. The quantitative estimate of drug-likeness (QED) is 0.0286. The van der Waals surface area contributed by atoms with Gasteiger partial charge in [0.1, 0.15) is 30.2 Å². The third kappa shape index (κ3) is 15.0. The minimum Gasteiger partial charge on any atom is -0.391 e. The first kappa shape index (κ1) is 46.1. The maximum Gasteiger partial charge on any atom is 0.245 e. The van der Waals surface area contributed by atoms with Crippen molar-refractivity contribution in [2.24, 2.45) is 22.9 Å². The van der Waals surface area contributed by atoms with Crippen molar-refractivity contribution < 1.29 is 33.9 Å². The maximum atomic E-state index is 14.2. The number of benzene rings is 2. The minimum atomic E-state index is -1.42. The molecule has 0 aliphatic carbocycles. The van der Waals surface area contributed by atoms with Crippen LogP contribution in [-0.2, 0) is 35.2 Å². The van der Waals surface area contributed by atoms with Crippen LogP contribution < -0.4 is 54.8 Å². The van der Waals surface area contributed by atoms with Crippen LogP contribution in [0, 0.1) is 10.8 Å². The molecule has 308 valence electrons. The van der Waals surface area contributed by atoms with E-state index in [1.807, 2.05) is 42.5 Å². The summed E-state index contributed by atoms with van der Waals surface area (Å²) in [6.45, 7) is 1.73. The second kappa shape index (κ2) is 23.0. The Morgan fingerprint density at radius 3 is 1.89 bits per heavy atom. The second-order valence-corrected chi connectivity index (χ2v) is 13.4. The molecule has 6 atom stereocenters. The summed E-state index contributed by atoms with van der Waals surface area (Å²) in [7, 11) is 2.78. The Balaban J connectivity index is 2.42. The van der Waals surface area contributed by atoms with E-state index in [1.165, 1.54) is 21.0 Å². The van der Waals surface area contributed by atoms with Gasteiger partial charge in [0.25, 0.3) is 0 Å². The van der Waals surface area contributed by atoms with Gasteiger partial charge < -0.3 is 64.8 Å². The second-order valence-electron chi connectivity index (χ2n) is 13.4. The Kier molecular flexibility index (Phi) is 19.0. The number of rotatable bonds is 24. The monoisotopic (exact) mass is 783 g/mol. The van der Waals surface area contributed by atoms with E-state index in [-0.39, 0.29) is 70.0 Å². The number of aliphatic hydroxyl groups excluding tert-OH is 1. The maximum absolute atomic E-state index is 14.2. The van der Waals surface area contributed by atoms with E-state index in [0.717, 1.165) is 21.2 Å². The number of hydrogen-bond acceptors (Lipinski definition) is 10. The van der Waals surface area contributed by atoms with Crippen LogP contribution in [-0.4, -0.2) is 121 Å². The van der Waals surface area contributed by atoms with Crippen LogP contribution in [0.4, 0.5) is 0 Å². The van der Waals surface area contributed by atoms with Crippen molar-refractivity contribution in [1.29, 1.82) is 10.8 Å². The Morgan fingerprint density at radius 1 is 0.750 bits per heavy atom. The Bertz CT molecular complexity index is 1700. The number of carbonyl (C=O) groups excluding carboxylic acids is 6. The number of aliphatic hydroxyl groups is 1. The number of nitrogens with one attached hydrogen (secondary N) is 8. The van der Waals surface area contributed by atoms with Gasteiger partial charge in [-0.3, -0.25) is 39.6 Å². The SMILES string of the molecule is CN[C@H](C(=O)N[C@@H](CCCNC(=N)N)C(=O)N[C@@H](CCC(N)=O)C(=O)N(C)[C@@H](CCCNC(=N)N)C(=O)N[C@@H](Cc1cccc2ccccc12)C(N)=O)[C@@H](C)O. The molecule has 0 aliphatic heterocycles. The molecule has 0 unspecified atom stereocenters. The van der Waals surface area contributed by atoms with Gasteiger partial charge >= 0.3 is 0 Å². The summed E-state index contributed by atoms with van der Waals surface area (Å²) < 4.78 is 0. The lowest BCUT2D eigenvalue weighted by Gasteiger charge is -2.32. The lowest BCUT2D eigenvalue weighted by atomic mass is 9.98. The van der Waals surface area contributed by atoms with Gasteiger partial charge in [0, 0.05) is 33.0 Å². The smallest absolute Gasteiger partial charge is 0.245 e. The topological polar surface area (TPSA) is 350 Å². The van der Waals surface area contributed by atoms with Gasteiger partial charge in [-0.1, -0.05) is 42.5 Å². The molecule has 56 heavy (non-hydrogen) atoms. The van der Waals surface area contributed by atoms with Gasteiger partial charge in [-0.05, 0) is 62.4 Å². The number of carbonyl (C=O) groups is 6. The Labute approximate surface area is 325 Å². The van der Waals surface area contributed by atoms with Gasteiger partial charge in [-0.15, -0.1) is 0 Å². The molecule has 6 amide bonds. The van der Waals surface area contributed by atoms with Crippen molar-refractivity contribution in [3.63, 3.8) is 0 Å². The highest BCUT2D eigenvalue weighted by atomic mass is 16.3. The van der Waals surface area contributed by atoms with Crippen molar-refractivity contribution in [3.05, 3.63) is 48.0 Å². The third-order valence-electron chi connectivity index (χ3n) is 9.04. The highest BCUT2D eigenvalue weighted by Crippen LogP contribution is 2.20. The predicted octanol–water partition coefficient (Wildman–Crippen LogP) is -3.09. The molecular weight excluding hydrogens is 726 g/mol. The molecule has 0 saturated carbocycles. The van der Waals surface area contributed by atoms with E-state index >= 15 is 0 Å². The van der Waals surface area contributed by atoms with Crippen LogP contribution in [0.25, 0.3) is 10.8 Å². The van der Waals surface area contributed by atoms with Gasteiger partial charge in [-0.2, -0.15) is 0 Å². The largest absolute Gasteiger partial charge is 0.391 e. The van der Waals surface area contributed by atoms with E-state index in [1.54, 1.807) is 0 Å². The lowest BCUT2D eigenvalue weighted by molar-refractivity contribution is -0.143. The number of likely N-dealkylation sites (N-methyl/N-ethyl adjacent to an activating group) is 2. The summed E-state index contributed by atoms with van der Waals surface area (Å²) in [5.74, 6) is -5.22. The van der Waals surface area contributed by atoms with Gasteiger partial charge in [0.05, 0.1) is 6.10 Å². The summed E-state index contributed by atoms with van der Waals surface area (Å²) in [6.07, 6.45) is -1.18. The van der Waals surface area contributed by atoms with Crippen molar-refractivity contribution in [1.82, 2.24) is 36.8 Å². The molecule has 0 saturated heterocycles. The zero-order chi connectivity index (χ0) is 41.9. The molecule has 0 bridgehead atoms. The minimum absolute atomic E-state index is 0.0111. The van der Waals surface area contributed by atoms with Gasteiger partial charge in [0.2, 0.25) is 35.4 Å². The highest BCUT2D eigenvalue weighted by molar-refractivity contribution is 5.96. The molecule has 17 N–H and O–H groups in total. The molecule has 2 aromatic rings. The van der Waals surface area contributed by atoms with Crippen LogP contribution in [0.1, 0.15) is 51.0 Å². The van der Waals surface area contributed by atoms with Crippen molar-refractivity contribution >= 4 is 58.1 Å². The van der Waals surface area contributed by atoms with E-state index in [9.17, 15) is 33.9 Å². The summed E-state index contributed by atoms with van der Waals surface area (Å²) in [5.41, 5.74) is 22.7. The fourth-order valence-corrected chi connectivity index (χ4v) is 6.07. The van der Waals surface area contributed by atoms with Crippen LogP contribution in [0.3, 0.4) is 0 Å². The number of amides is 6. The van der Waals surface area contributed by atoms with Crippen LogP contribution in [0.2, 0.25) is 0 Å². The van der Waals surface area contributed by atoms with Crippen molar-refractivity contribution in [2.75, 3.05) is 27.2 Å². The molecular formula is C36H57N13O7. The third-order valence-corrected chi connectivity index (χ3v) is 9.04. The molecule has 0 radical (unpaired) electrons. The summed E-state index contributed by atoms with van der Waals surface area (Å²) in [6, 6.07) is 6.89. The van der Waals surface area contributed by atoms with Crippen molar-refractivity contribution in [2.45, 2.75) is 88.2 Å². The molecule has 0 heterocycles. The van der Waals surface area contributed by atoms with E-state index in [2.05, 4.69) is 31.9 Å². The lowest BCUT2D eigenvalue weighted by Crippen LogP contribution is -2.60. The first-order chi connectivity index (χ1) is 26.5. The molecule has 20 nitrogen and oxygen atoms in total. The predicted molar refractivity (Wildman–Crippen MR) is 210 cm³/mol. The fraction of sp³-hybridized carbons (Fsp3) is 0.500. The average Bonchev–Trinajstić information content (AvgIpc) is 3.13. The fourth-order valence-electron chi connectivity index (χ4n) is 6.07.